The van der Waals surface area contributed by atoms with Gasteiger partial charge in [-0.25, -0.2) is 4.98 Å². The number of nitrogens with one attached hydrogen (secondary N) is 2. The zero-order valence-corrected chi connectivity index (χ0v) is 17.4. The van der Waals surface area contributed by atoms with E-state index in [9.17, 15) is 0 Å². The molecule has 138 valence electrons. The molecule has 2 N–H and O–H groups in total. The molecule has 5 aromatic rings. The molecular formula is C24H17BBrN3. The first-order chi connectivity index (χ1) is 14.1. The molecule has 0 amide bonds. The van der Waals surface area contributed by atoms with E-state index >= 15 is 0 Å². The summed E-state index contributed by atoms with van der Waals surface area (Å²) in [4.78, 5) is 12.1. The van der Waals surface area contributed by atoms with Gasteiger partial charge in [0.05, 0.1) is 11.4 Å². The number of hydrogen-bond donors (Lipinski definition) is 2. The van der Waals surface area contributed by atoms with Crippen LogP contribution in [-0.4, -0.2) is 22.8 Å². The summed E-state index contributed by atoms with van der Waals surface area (Å²) in [5.74, 6) is 0.852. The van der Waals surface area contributed by atoms with Gasteiger partial charge >= 0.3 is 0 Å². The maximum atomic E-state index is 5.90. The summed E-state index contributed by atoms with van der Waals surface area (Å²) < 4.78 is 1.04. The monoisotopic (exact) mass is 437 g/mol. The molecule has 0 aliphatic rings. The second-order valence-electron chi connectivity index (χ2n) is 7.11. The van der Waals surface area contributed by atoms with E-state index in [2.05, 4.69) is 63.2 Å². The van der Waals surface area contributed by atoms with Gasteiger partial charge in [0.15, 0.2) is 0 Å². The molecule has 3 nitrogen and oxygen atoms in total. The van der Waals surface area contributed by atoms with Gasteiger partial charge in [-0.1, -0.05) is 76.0 Å². The summed E-state index contributed by atoms with van der Waals surface area (Å²) in [5.41, 5.74) is 8.04. The largest absolute Gasteiger partial charge is 0.358 e. The average molecular weight is 438 g/mol. The highest BCUT2D eigenvalue weighted by atomic mass is 79.9. The maximum Gasteiger partial charge on any atom is 0.140 e. The molecule has 5 heteroatoms. The first-order valence-electron chi connectivity index (χ1n) is 9.39. The van der Waals surface area contributed by atoms with Crippen LogP contribution in [0.25, 0.3) is 44.8 Å². The van der Waals surface area contributed by atoms with Crippen LogP contribution in [0.3, 0.4) is 0 Å². The van der Waals surface area contributed by atoms with Crippen LogP contribution in [0.1, 0.15) is 5.69 Å². The Morgan fingerprint density at radius 2 is 1.52 bits per heavy atom. The zero-order chi connectivity index (χ0) is 20.0. The van der Waals surface area contributed by atoms with E-state index in [0.717, 1.165) is 60.4 Å². The summed E-state index contributed by atoms with van der Waals surface area (Å²) in [7, 11) is 5.90. The Bertz CT molecular complexity index is 1250. The molecule has 2 radical (unpaired) electrons. The Balaban J connectivity index is 1.75. The highest BCUT2D eigenvalue weighted by Crippen LogP contribution is 2.36. The number of fused-ring (bicyclic) bond motifs is 1. The van der Waals surface area contributed by atoms with E-state index in [1.165, 1.54) is 0 Å². The van der Waals surface area contributed by atoms with Crippen molar-refractivity contribution in [1.29, 1.82) is 0 Å². The fourth-order valence-electron chi connectivity index (χ4n) is 3.75. The molecule has 5 rings (SSSR count). The third-order valence-corrected chi connectivity index (χ3v) is 5.68. The second kappa shape index (κ2) is 7.09. The van der Waals surface area contributed by atoms with Gasteiger partial charge in [-0.3, -0.25) is 0 Å². The minimum absolute atomic E-state index is 0.742. The zero-order valence-electron chi connectivity index (χ0n) is 15.8. The van der Waals surface area contributed by atoms with Gasteiger partial charge in [-0.15, -0.1) is 0 Å². The van der Waals surface area contributed by atoms with Crippen LogP contribution in [0.15, 0.2) is 77.3 Å². The number of hydrogen-bond acceptors (Lipinski definition) is 1. The lowest BCUT2D eigenvalue weighted by atomic mass is 9.94. The molecule has 0 aliphatic carbocycles. The van der Waals surface area contributed by atoms with Crippen LogP contribution in [0.4, 0.5) is 0 Å². The molecule has 0 unspecified atom stereocenters. The number of rotatable bonds is 3. The van der Waals surface area contributed by atoms with E-state index in [1.807, 2.05) is 42.5 Å². The van der Waals surface area contributed by atoms with Gasteiger partial charge in [0.2, 0.25) is 0 Å². The lowest BCUT2D eigenvalue weighted by Crippen LogP contribution is -1.99. The predicted octanol–water partition coefficient (Wildman–Crippen LogP) is 5.76. The normalized spacial score (nSPS) is 11.2. The smallest absolute Gasteiger partial charge is 0.140 e. The summed E-state index contributed by atoms with van der Waals surface area (Å²) in [5, 5.41) is 1.16. The first-order valence-corrected chi connectivity index (χ1v) is 10.2. The van der Waals surface area contributed by atoms with Gasteiger partial charge in [-0.05, 0) is 25.1 Å². The average Bonchev–Trinajstić information content (AvgIpc) is 3.29. The number of imidazole rings is 1. The Labute approximate surface area is 178 Å². The lowest BCUT2D eigenvalue weighted by Gasteiger charge is -2.04. The minimum atomic E-state index is 0.742. The minimum Gasteiger partial charge on any atom is -0.358 e. The Hall–Kier alpha value is -3.05. The third kappa shape index (κ3) is 3.21. The summed E-state index contributed by atoms with van der Waals surface area (Å²) in [6, 6.07) is 24.4. The van der Waals surface area contributed by atoms with Crippen molar-refractivity contribution in [2.45, 2.75) is 6.92 Å². The number of para-hydroxylation sites is 1. The van der Waals surface area contributed by atoms with Crippen LogP contribution in [0.5, 0.6) is 0 Å². The van der Waals surface area contributed by atoms with Crippen molar-refractivity contribution in [3.05, 3.63) is 83.0 Å². The van der Waals surface area contributed by atoms with E-state index < -0.39 is 0 Å². The molecule has 3 aromatic carbocycles. The molecule has 0 bridgehead atoms. The van der Waals surface area contributed by atoms with Crippen LogP contribution < -0.4 is 5.46 Å². The Morgan fingerprint density at radius 3 is 2.28 bits per heavy atom. The topological polar surface area (TPSA) is 44.5 Å². The van der Waals surface area contributed by atoms with Crippen LogP contribution in [0.2, 0.25) is 0 Å². The Morgan fingerprint density at radius 1 is 0.828 bits per heavy atom. The molecule has 0 fully saturated rings. The van der Waals surface area contributed by atoms with E-state index in [1.54, 1.807) is 0 Å². The standard InChI is InChI=1S/C24H17BBrN3/c1-14-21(19-4-2-3-5-20(19)27-14)24-28-22(15-6-10-17(25)11-7-15)23(29-24)16-8-12-18(26)13-9-16/h2-13,27H,1H3,(H,28,29). The van der Waals surface area contributed by atoms with Gasteiger partial charge < -0.3 is 9.97 Å². The first kappa shape index (κ1) is 18.0. The van der Waals surface area contributed by atoms with Crippen LogP contribution >= 0.6 is 15.9 Å². The number of benzene rings is 3. The number of aryl methyl sites for hydroxylation is 1. The molecule has 0 aliphatic heterocycles. The van der Waals surface area contributed by atoms with E-state index in [4.69, 9.17) is 12.8 Å². The summed E-state index contributed by atoms with van der Waals surface area (Å²) in [6.07, 6.45) is 0. The molecular weight excluding hydrogens is 421 g/mol. The molecule has 2 heterocycles. The van der Waals surface area contributed by atoms with Gasteiger partial charge in [0, 0.05) is 37.8 Å². The highest BCUT2D eigenvalue weighted by Gasteiger charge is 2.19. The van der Waals surface area contributed by atoms with Crippen molar-refractivity contribution >= 4 is 40.1 Å². The number of aromatic amines is 2. The van der Waals surface area contributed by atoms with Gasteiger partial charge in [0.25, 0.3) is 0 Å². The molecule has 0 atom stereocenters. The van der Waals surface area contributed by atoms with Gasteiger partial charge in [0.1, 0.15) is 13.7 Å². The third-order valence-electron chi connectivity index (χ3n) is 5.15. The van der Waals surface area contributed by atoms with E-state index in [0.29, 0.717) is 0 Å². The van der Waals surface area contributed by atoms with Gasteiger partial charge in [-0.2, -0.15) is 0 Å². The predicted molar refractivity (Wildman–Crippen MR) is 125 cm³/mol. The maximum absolute atomic E-state index is 5.90. The van der Waals surface area contributed by atoms with Crippen molar-refractivity contribution < 1.29 is 0 Å². The number of halogens is 1. The van der Waals surface area contributed by atoms with Crippen molar-refractivity contribution in [2.24, 2.45) is 0 Å². The second-order valence-corrected chi connectivity index (χ2v) is 8.02. The van der Waals surface area contributed by atoms with Crippen molar-refractivity contribution in [3.8, 4) is 33.9 Å². The molecule has 0 spiro atoms. The number of H-pyrrole nitrogens is 2. The summed E-state index contributed by atoms with van der Waals surface area (Å²) >= 11 is 3.52. The van der Waals surface area contributed by atoms with Crippen LogP contribution in [-0.2, 0) is 0 Å². The number of aromatic nitrogens is 3. The lowest BCUT2D eigenvalue weighted by molar-refractivity contribution is 1.25. The fourth-order valence-corrected chi connectivity index (χ4v) is 4.01. The van der Waals surface area contributed by atoms with Crippen molar-refractivity contribution in [2.75, 3.05) is 0 Å². The molecule has 0 saturated heterocycles. The molecule has 0 saturated carbocycles. The molecule has 2 aromatic heterocycles. The molecule has 29 heavy (non-hydrogen) atoms. The summed E-state index contributed by atoms with van der Waals surface area (Å²) in [6.45, 7) is 2.08. The SMILES string of the molecule is [B]c1ccc(-c2[nH]c(-c3c(C)[nH]c4ccccc34)nc2-c2ccc(Br)cc2)cc1. The Kier molecular flexibility index (Phi) is 4.40. The van der Waals surface area contributed by atoms with Crippen molar-refractivity contribution in [3.63, 3.8) is 0 Å². The van der Waals surface area contributed by atoms with Crippen LogP contribution in [0, 0.1) is 6.92 Å². The van der Waals surface area contributed by atoms with E-state index in [-0.39, 0.29) is 0 Å². The highest BCUT2D eigenvalue weighted by molar-refractivity contribution is 9.10. The van der Waals surface area contributed by atoms with Crippen molar-refractivity contribution in [1.82, 2.24) is 15.0 Å². The fraction of sp³-hybridized carbons (Fsp3) is 0.0417. The number of nitrogens with zero attached hydrogens (tertiary/aromatic N) is 1. The quantitative estimate of drug-likeness (QED) is 0.346.